The SMILES string of the molecule is COc1cccc([C@H]2C(C#N)=C(N)OC(c3ccccc3)=C2C#N)c1OC. The summed E-state index contributed by atoms with van der Waals surface area (Å²) in [7, 11) is 3.03. The van der Waals surface area contributed by atoms with Gasteiger partial charge in [-0.15, -0.1) is 0 Å². The maximum Gasteiger partial charge on any atom is 0.205 e. The van der Waals surface area contributed by atoms with E-state index in [0.717, 1.165) is 0 Å². The smallest absolute Gasteiger partial charge is 0.205 e. The van der Waals surface area contributed by atoms with Crippen molar-refractivity contribution in [2.45, 2.75) is 5.92 Å². The van der Waals surface area contributed by atoms with E-state index in [1.807, 2.05) is 30.3 Å². The summed E-state index contributed by atoms with van der Waals surface area (Å²) in [4.78, 5) is 0. The van der Waals surface area contributed by atoms with Gasteiger partial charge in [-0.2, -0.15) is 10.5 Å². The molecule has 0 saturated heterocycles. The maximum atomic E-state index is 9.91. The van der Waals surface area contributed by atoms with Gasteiger partial charge in [-0.05, 0) is 6.07 Å². The molecule has 2 aromatic rings. The summed E-state index contributed by atoms with van der Waals surface area (Å²) in [5.41, 5.74) is 7.77. The van der Waals surface area contributed by atoms with E-state index in [0.29, 0.717) is 28.4 Å². The average molecular weight is 359 g/mol. The normalized spacial score (nSPS) is 16.2. The van der Waals surface area contributed by atoms with Crippen LogP contribution in [0.25, 0.3) is 5.76 Å². The molecule has 1 atom stereocenters. The van der Waals surface area contributed by atoms with Gasteiger partial charge in [0.05, 0.1) is 31.8 Å². The summed E-state index contributed by atoms with van der Waals surface area (Å²) in [6.45, 7) is 0. The van der Waals surface area contributed by atoms with E-state index in [9.17, 15) is 10.5 Å². The van der Waals surface area contributed by atoms with Crippen LogP contribution < -0.4 is 15.2 Å². The number of allylic oxidation sites excluding steroid dienone is 2. The summed E-state index contributed by atoms with van der Waals surface area (Å²) in [5, 5.41) is 19.6. The van der Waals surface area contributed by atoms with E-state index < -0.39 is 5.92 Å². The zero-order chi connectivity index (χ0) is 19.4. The topological polar surface area (TPSA) is 101 Å². The van der Waals surface area contributed by atoms with Crippen LogP contribution in [-0.2, 0) is 4.74 Å². The Labute approximate surface area is 157 Å². The quantitative estimate of drug-likeness (QED) is 0.897. The second-order valence-electron chi connectivity index (χ2n) is 5.73. The van der Waals surface area contributed by atoms with Gasteiger partial charge in [-0.1, -0.05) is 42.5 Å². The number of hydrogen-bond donors (Lipinski definition) is 1. The summed E-state index contributed by atoms with van der Waals surface area (Å²) >= 11 is 0. The fraction of sp³-hybridized carbons (Fsp3) is 0.143. The molecule has 1 aliphatic heterocycles. The summed E-state index contributed by atoms with van der Waals surface area (Å²) in [5.74, 6) is 0.493. The third-order valence-corrected chi connectivity index (χ3v) is 4.32. The van der Waals surface area contributed by atoms with Crippen molar-refractivity contribution in [2.24, 2.45) is 5.73 Å². The molecule has 1 heterocycles. The molecule has 0 bridgehead atoms. The number of benzene rings is 2. The molecule has 134 valence electrons. The van der Waals surface area contributed by atoms with Crippen molar-refractivity contribution in [3.05, 3.63) is 76.7 Å². The molecule has 0 radical (unpaired) electrons. The van der Waals surface area contributed by atoms with Crippen molar-refractivity contribution < 1.29 is 14.2 Å². The van der Waals surface area contributed by atoms with E-state index in [1.54, 1.807) is 18.2 Å². The van der Waals surface area contributed by atoms with Gasteiger partial charge in [-0.3, -0.25) is 0 Å². The van der Waals surface area contributed by atoms with Crippen molar-refractivity contribution in [1.29, 1.82) is 10.5 Å². The summed E-state index contributed by atoms with van der Waals surface area (Å²) < 4.78 is 16.6. The van der Waals surface area contributed by atoms with Crippen molar-refractivity contribution in [2.75, 3.05) is 14.2 Å². The van der Waals surface area contributed by atoms with Gasteiger partial charge >= 0.3 is 0 Å². The molecule has 0 spiro atoms. The second-order valence-corrected chi connectivity index (χ2v) is 5.73. The Morgan fingerprint density at radius 1 is 0.926 bits per heavy atom. The number of nitrogens with two attached hydrogens (primary N) is 1. The maximum absolute atomic E-state index is 9.91. The predicted octanol–water partition coefficient (Wildman–Crippen LogP) is 3.45. The van der Waals surface area contributed by atoms with Crippen molar-refractivity contribution >= 4 is 5.76 Å². The minimum atomic E-state index is -0.728. The lowest BCUT2D eigenvalue weighted by Gasteiger charge is -2.27. The number of hydrogen-bond acceptors (Lipinski definition) is 6. The third kappa shape index (κ3) is 3.05. The van der Waals surface area contributed by atoms with Crippen LogP contribution in [0.15, 0.2) is 65.6 Å². The molecule has 2 aromatic carbocycles. The fourth-order valence-corrected chi connectivity index (χ4v) is 3.13. The molecule has 2 N–H and O–H groups in total. The van der Waals surface area contributed by atoms with Crippen LogP contribution in [0.4, 0.5) is 0 Å². The number of para-hydroxylation sites is 1. The van der Waals surface area contributed by atoms with Gasteiger partial charge < -0.3 is 19.9 Å². The largest absolute Gasteiger partial charge is 0.493 e. The van der Waals surface area contributed by atoms with E-state index in [-0.39, 0.29) is 17.0 Å². The molecule has 0 fully saturated rings. The minimum Gasteiger partial charge on any atom is -0.493 e. The van der Waals surface area contributed by atoms with Crippen LogP contribution >= 0.6 is 0 Å². The Balaban J connectivity index is 2.31. The molecule has 0 aliphatic carbocycles. The molecule has 0 unspecified atom stereocenters. The number of rotatable bonds is 4. The van der Waals surface area contributed by atoms with E-state index in [4.69, 9.17) is 19.9 Å². The lowest BCUT2D eigenvalue weighted by Crippen LogP contribution is -2.20. The highest BCUT2D eigenvalue weighted by molar-refractivity contribution is 5.74. The van der Waals surface area contributed by atoms with Crippen LogP contribution in [-0.4, -0.2) is 14.2 Å². The number of methoxy groups -OCH3 is 2. The van der Waals surface area contributed by atoms with Gasteiger partial charge in [0.2, 0.25) is 5.88 Å². The standard InChI is InChI=1S/C21H17N3O3/c1-25-17-10-6-9-14(20(17)26-2)18-15(11-22)19(13-7-4-3-5-8-13)27-21(24)16(18)12-23/h3-10,18H,24H2,1-2H3/t18-/m1/s1. The first-order valence-corrected chi connectivity index (χ1v) is 8.14. The van der Waals surface area contributed by atoms with Crippen LogP contribution in [0.1, 0.15) is 17.0 Å². The highest BCUT2D eigenvalue weighted by Crippen LogP contribution is 2.46. The highest BCUT2D eigenvalue weighted by atomic mass is 16.5. The predicted molar refractivity (Wildman–Crippen MR) is 99.2 cm³/mol. The molecular formula is C21H17N3O3. The number of nitriles is 2. The van der Waals surface area contributed by atoms with Gasteiger partial charge in [-0.25, -0.2) is 0 Å². The van der Waals surface area contributed by atoms with E-state index in [2.05, 4.69) is 12.1 Å². The molecular weight excluding hydrogens is 342 g/mol. The Kier molecular flexibility index (Phi) is 5.01. The Morgan fingerprint density at radius 2 is 1.63 bits per heavy atom. The third-order valence-electron chi connectivity index (χ3n) is 4.32. The molecule has 0 amide bonds. The second kappa shape index (κ2) is 7.55. The number of ether oxygens (including phenoxy) is 3. The van der Waals surface area contributed by atoms with Gasteiger partial charge in [0.25, 0.3) is 0 Å². The van der Waals surface area contributed by atoms with Crippen LogP contribution in [0.3, 0.4) is 0 Å². The lowest BCUT2D eigenvalue weighted by molar-refractivity contribution is 0.345. The fourth-order valence-electron chi connectivity index (χ4n) is 3.13. The molecule has 0 saturated carbocycles. The summed E-state index contributed by atoms with van der Waals surface area (Å²) in [6.07, 6.45) is 0. The van der Waals surface area contributed by atoms with Gasteiger partial charge in [0.15, 0.2) is 17.3 Å². The Hall–Kier alpha value is -3.90. The van der Waals surface area contributed by atoms with Crippen LogP contribution in [0.2, 0.25) is 0 Å². The molecule has 6 nitrogen and oxygen atoms in total. The van der Waals surface area contributed by atoms with E-state index >= 15 is 0 Å². The zero-order valence-electron chi connectivity index (χ0n) is 14.9. The van der Waals surface area contributed by atoms with E-state index in [1.165, 1.54) is 14.2 Å². The average Bonchev–Trinajstić information content (AvgIpc) is 2.72. The van der Waals surface area contributed by atoms with Crippen LogP contribution in [0.5, 0.6) is 11.5 Å². The van der Waals surface area contributed by atoms with Crippen LogP contribution in [0, 0.1) is 22.7 Å². The summed E-state index contributed by atoms with van der Waals surface area (Å²) in [6, 6.07) is 18.7. The van der Waals surface area contributed by atoms with Crippen molar-refractivity contribution in [3.63, 3.8) is 0 Å². The van der Waals surface area contributed by atoms with Gasteiger partial charge in [0, 0.05) is 11.1 Å². The van der Waals surface area contributed by atoms with Crippen molar-refractivity contribution in [3.8, 4) is 23.6 Å². The molecule has 6 heteroatoms. The molecule has 3 rings (SSSR count). The molecule has 0 aromatic heterocycles. The Bertz CT molecular complexity index is 1010. The highest BCUT2D eigenvalue weighted by Gasteiger charge is 2.36. The minimum absolute atomic E-state index is 0.0368. The lowest BCUT2D eigenvalue weighted by atomic mass is 9.82. The van der Waals surface area contributed by atoms with Crippen molar-refractivity contribution in [1.82, 2.24) is 0 Å². The first kappa shape index (κ1) is 17.9. The molecule has 1 aliphatic rings. The first-order chi connectivity index (χ1) is 13.2. The van der Waals surface area contributed by atoms with Gasteiger partial charge in [0.1, 0.15) is 11.6 Å². The Morgan fingerprint density at radius 3 is 2.22 bits per heavy atom. The molecule has 27 heavy (non-hydrogen) atoms. The number of nitrogens with zero attached hydrogens (tertiary/aromatic N) is 2. The zero-order valence-corrected chi connectivity index (χ0v) is 14.9. The monoisotopic (exact) mass is 359 g/mol. The first-order valence-electron chi connectivity index (χ1n) is 8.14.